The van der Waals surface area contributed by atoms with Crippen LogP contribution in [0.15, 0.2) is 6.07 Å². The second-order valence-electron chi connectivity index (χ2n) is 6.32. The van der Waals surface area contributed by atoms with Gasteiger partial charge in [-0.05, 0) is 23.8 Å². The zero-order valence-corrected chi connectivity index (χ0v) is 14.3. The molecule has 0 spiro atoms. The molecule has 0 unspecified atom stereocenters. The SMILES string of the molecule is CCc1cc2c(NCC(C)(C)C(C)C)nc(NN)nc2s1. The molecule has 0 saturated heterocycles. The Morgan fingerprint density at radius 3 is 2.62 bits per heavy atom. The lowest BCUT2D eigenvalue weighted by Gasteiger charge is -2.29. The number of hydrogen-bond donors (Lipinski definition) is 3. The number of anilines is 2. The van der Waals surface area contributed by atoms with Crippen LogP contribution in [0.5, 0.6) is 0 Å². The van der Waals surface area contributed by atoms with E-state index in [0.29, 0.717) is 11.9 Å². The summed E-state index contributed by atoms with van der Waals surface area (Å²) in [6.45, 7) is 12.0. The first kappa shape index (κ1) is 16.0. The Labute approximate surface area is 130 Å². The van der Waals surface area contributed by atoms with Gasteiger partial charge in [-0.3, -0.25) is 5.43 Å². The number of nitrogens with zero attached hydrogens (tertiary/aromatic N) is 2. The minimum absolute atomic E-state index is 0.192. The zero-order chi connectivity index (χ0) is 15.6. The van der Waals surface area contributed by atoms with Crippen molar-refractivity contribution >= 4 is 33.3 Å². The lowest BCUT2D eigenvalue weighted by atomic mass is 9.81. The summed E-state index contributed by atoms with van der Waals surface area (Å²) in [6.07, 6.45) is 1.00. The van der Waals surface area contributed by atoms with E-state index in [1.54, 1.807) is 11.3 Å². The van der Waals surface area contributed by atoms with Gasteiger partial charge in [0.25, 0.3) is 0 Å². The van der Waals surface area contributed by atoms with Crippen LogP contribution in [0, 0.1) is 11.3 Å². The fourth-order valence-corrected chi connectivity index (χ4v) is 2.83. The molecule has 0 amide bonds. The van der Waals surface area contributed by atoms with E-state index >= 15 is 0 Å². The van der Waals surface area contributed by atoms with Gasteiger partial charge in [-0.25, -0.2) is 10.8 Å². The van der Waals surface area contributed by atoms with Crippen LogP contribution in [0.2, 0.25) is 0 Å². The summed E-state index contributed by atoms with van der Waals surface area (Å²) in [5, 5.41) is 4.56. The highest BCUT2D eigenvalue weighted by molar-refractivity contribution is 7.18. The van der Waals surface area contributed by atoms with E-state index in [1.165, 1.54) is 4.88 Å². The van der Waals surface area contributed by atoms with E-state index in [1.807, 2.05) is 0 Å². The van der Waals surface area contributed by atoms with Crippen molar-refractivity contribution < 1.29 is 0 Å². The predicted molar refractivity (Wildman–Crippen MR) is 91.7 cm³/mol. The second-order valence-corrected chi connectivity index (χ2v) is 7.44. The van der Waals surface area contributed by atoms with Crippen molar-refractivity contribution in [3.05, 3.63) is 10.9 Å². The number of nitrogens with two attached hydrogens (primary N) is 1. The number of hydrazine groups is 1. The van der Waals surface area contributed by atoms with Crippen molar-refractivity contribution in [2.45, 2.75) is 41.0 Å². The number of aromatic nitrogens is 2. The minimum Gasteiger partial charge on any atom is -0.369 e. The highest BCUT2D eigenvalue weighted by Gasteiger charge is 2.23. The number of nitrogen functional groups attached to an aromatic ring is 1. The Morgan fingerprint density at radius 1 is 1.33 bits per heavy atom. The molecular weight excluding hydrogens is 282 g/mol. The normalized spacial score (nSPS) is 12.1. The smallest absolute Gasteiger partial charge is 0.240 e. The molecule has 0 aliphatic heterocycles. The van der Waals surface area contributed by atoms with E-state index in [2.05, 4.69) is 61.4 Å². The Bertz CT molecular complexity index is 618. The largest absolute Gasteiger partial charge is 0.369 e. The fraction of sp³-hybridized carbons (Fsp3) is 0.600. The van der Waals surface area contributed by atoms with Gasteiger partial charge in [-0.1, -0.05) is 34.6 Å². The van der Waals surface area contributed by atoms with Crippen molar-refractivity contribution in [3.63, 3.8) is 0 Å². The molecule has 4 N–H and O–H groups in total. The molecule has 0 aromatic carbocycles. The molecule has 116 valence electrons. The van der Waals surface area contributed by atoms with Gasteiger partial charge in [0.1, 0.15) is 10.6 Å². The molecule has 0 aliphatic rings. The van der Waals surface area contributed by atoms with Crippen LogP contribution in [0.1, 0.15) is 39.5 Å². The maximum absolute atomic E-state index is 5.48. The highest BCUT2D eigenvalue weighted by Crippen LogP contribution is 2.32. The molecule has 0 radical (unpaired) electrons. The van der Waals surface area contributed by atoms with Crippen LogP contribution in [-0.4, -0.2) is 16.5 Å². The van der Waals surface area contributed by atoms with Crippen LogP contribution in [0.25, 0.3) is 10.2 Å². The van der Waals surface area contributed by atoms with Crippen LogP contribution in [-0.2, 0) is 6.42 Å². The van der Waals surface area contributed by atoms with Gasteiger partial charge in [0.05, 0.1) is 5.39 Å². The van der Waals surface area contributed by atoms with Crippen LogP contribution >= 0.6 is 11.3 Å². The van der Waals surface area contributed by atoms with Crippen LogP contribution < -0.4 is 16.6 Å². The molecule has 6 heteroatoms. The van der Waals surface area contributed by atoms with Crippen molar-refractivity contribution in [3.8, 4) is 0 Å². The quantitative estimate of drug-likeness (QED) is 0.561. The molecule has 2 heterocycles. The zero-order valence-electron chi connectivity index (χ0n) is 13.4. The number of thiophene rings is 1. The monoisotopic (exact) mass is 307 g/mol. The van der Waals surface area contributed by atoms with Gasteiger partial charge in [0.2, 0.25) is 5.95 Å². The number of hydrogen-bond acceptors (Lipinski definition) is 6. The first-order valence-corrected chi connectivity index (χ1v) is 8.20. The van der Waals surface area contributed by atoms with Crippen molar-refractivity contribution in [2.24, 2.45) is 17.2 Å². The predicted octanol–water partition coefficient (Wildman–Crippen LogP) is 3.63. The molecule has 2 aromatic heterocycles. The lowest BCUT2D eigenvalue weighted by Crippen LogP contribution is -2.29. The Morgan fingerprint density at radius 2 is 2.05 bits per heavy atom. The third-order valence-electron chi connectivity index (χ3n) is 4.20. The molecule has 21 heavy (non-hydrogen) atoms. The summed E-state index contributed by atoms with van der Waals surface area (Å²) >= 11 is 1.69. The molecule has 0 fully saturated rings. The van der Waals surface area contributed by atoms with Crippen molar-refractivity contribution in [2.75, 3.05) is 17.3 Å². The summed E-state index contributed by atoms with van der Waals surface area (Å²) in [7, 11) is 0. The number of fused-ring (bicyclic) bond motifs is 1. The van der Waals surface area contributed by atoms with E-state index in [9.17, 15) is 0 Å². The summed E-state index contributed by atoms with van der Waals surface area (Å²) < 4.78 is 0. The van der Waals surface area contributed by atoms with Gasteiger partial charge in [0.15, 0.2) is 0 Å². The fourth-order valence-electron chi connectivity index (χ4n) is 1.86. The summed E-state index contributed by atoms with van der Waals surface area (Å²) in [5.41, 5.74) is 2.74. The number of rotatable bonds is 6. The van der Waals surface area contributed by atoms with Gasteiger partial charge >= 0.3 is 0 Å². The van der Waals surface area contributed by atoms with E-state index in [-0.39, 0.29) is 5.41 Å². The minimum atomic E-state index is 0.192. The molecule has 0 aliphatic carbocycles. The first-order valence-electron chi connectivity index (χ1n) is 7.38. The molecule has 0 saturated carbocycles. The van der Waals surface area contributed by atoms with Gasteiger partial charge in [-0.15, -0.1) is 11.3 Å². The molecule has 0 bridgehead atoms. The number of nitrogens with one attached hydrogen (secondary N) is 2. The Hall–Kier alpha value is -1.40. The second kappa shape index (κ2) is 6.15. The molecule has 0 atom stereocenters. The van der Waals surface area contributed by atoms with Crippen LogP contribution in [0.3, 0.4) is 0 Å². The number of aryl methyl sites for hydroxylation is 1. The van der Waals surface area contributed by atoms with Crippen molar-refractivity contribution in [1.29, 1.82) is 0 Å². The average Bonchev–Trinajstić information content (AvgIpc) is 2.87. The van der Waals surface area contributed by atoms with Gasteiger partial charge in [0, 0.05) is 11.4 Å². The summed E-state index contributed by atoms with van der Waals surface area (Å²) in [6, 6.07) is 2.17. The third kappa shape index (κ3) is 3.44. The van der Waals surface area contributed by atoms with E-state index < -0.39 is 0 Å². The third-order valence-corrected chi connectivity index (χ3v) is 5.37. The maximum Gasteiger partial charge on any atom is 0.240 e. The highest BCUT2D eigenvalue weighted by atomic mass is 32.1. The average molecular weight is 307 g/mol. The van der Waals surface area contributed by atoms with E-state index in [4.69, 9.17) is 5.84 Å². The van der Waals surface area contributed by atoms with Gasteiger partial charge < -0.3 is 5.32 Å². The molecular formula is C15H25N5S. The molecule has 2 rings (SSSR count). The molecule has 2 aromatic rings. The van der Waals surface area contributed by atoms with Crippen molar-refractivity contribution in [1.82, 2.24) is 9.97 Å². The van der Waals surface area contributed by atoms with Gasteiger partial charge in [-0.2, -0.15) is 4.98 Å². The molecule has 5 nitrogen and oxygen atoms in total. The summed E-state index contributed by atoms with van der Waals surface area (Å²) in [4.78, 5) is 11.2. The Balaban J connectivity index is 2.35. The maximum atomic E-state index is 5.48. The standard InChI is InChI=1S/C15H25N5S/c1-6-10-7-11-12(17-8-15(4,5)9(2)3)18-14(20-16)19-13(11)21-10/h7,9H,6,8,16H2,1-5H3,(H2,17,18,19,20). The Kier molecular flexibility index (Phi) is 4.68. The van der Waals surface area contributed by atoms with E-state index in [0.717, 1.165) is 29.0 Å². The first-order chi connectivity index (χ1) is 9.87. The topological polar surface area (TPSA) is 75.9 Å². The van der Waals surface area contributed by atoms with Crippen LogP contribution in [0.4, 0.5) is 11.8 Å². The lowest BCUT2D eigenvalue weighted by molar-refractivity contribution is 0.269. The summed E-state index contributed by atoms with van der Waals surface area (Å²) in [5.74, 6) is 7.38.